The number of benzene rings is 3. The zero-order valence-corrected chi connectivity index (χ0v) is 21.2. The Kier molecular flexibility index (Phi) is 8.94. The first-order chi connectivity index (χ1) is 16.8. The van der Waals surface area contributed by atoms with Crippen LogP contribution in [-0.4, -0.2) is 12.5 Å². The highest BCUT2D eigenvalue weighted by Gasteiger charge is 2.16. The predicted octanol–water partition coefficient (Wildman–Crippen LogP) is 7.04. The van der Waals surface area contributed by atoms with E-state index in [0.29, 0.717) is 41.0 Å². The molecular weight excluding hydrogens is 460 g/mol. The van der Waals surface area contributed by atoms with Crippen LogP contribution in [0, 0.1) is 25.2 Å². The van der Waals surface area contributed by atoms with Crippen LogP contribution in [0.1, 0.15) is 41.7 Å². The highest BCUT2D eigenvalue weighted by atomic mass is 35.5. The molecule has 1 N–H and O–H groups in total. The molecule has 0 saturated carbocycles. The molecule has 0 atom stereocenters. The first-order valence-corrected chi connectivity index (χ1v) is 11.9. The summed E-state index contributed by atoms with van der Waals surface area (Å²) in [6.07, 6.45) is 2.25. The van der Waals surface area contributed by atoms with E-state index in [1.807, 2.05) is 58.0 Å². The van der Waals surface area contributed by atoms with E-state index < -0.39 is 5.91 Å². The summed E-state index contributed by atoms with van der Waals surface area (Å²) >= 11 is 6.56. The van der Waals surface area contributed by atoms with Crippen molar-refractivity contribution in [3.63, 3.8) is 0 Å². The molecule has 35 heavy (non-hydrogen) atoms. The maximum absolute atomic E-state index is 12.8. The zero-order valence-electron chi connectivity index (χ0n) is 20.4. The van der Waals surface area contributed by atoms with Gasteiger partial charge in [0.2, 0.25) is 0 Å². The van der Waals surface area contributed by atoms with Gasteiger partial charge in [-0.25, -0.2) is 0 Å². The van der Waals surface area contributed by atoms with Crippen LogP contribution in [0.25, 0.3) is 6.08 Å². The van der Waals surface area contributed by atoms with E-state index in [2.05, 4.69) is 23.5 Å². The summed E-state index contributed by atoms with van der Waals surface area (Å²) in [4.78, 5) is 12.8. The summed E-state index contributed by atoms with van der Waals surface area (Å²) in [5.74, 6) is 0.381. The minimum atomic E-state index is -0.488. The number of nitrogens with one attached hydrogen (secondary N) is 1. The van der Waals surface area contributed by atoms with Crippen molar-refractivity contribution in [1.82, 2.24) is 0 Å². The van der Waals surface area contributed by atoms with Gasteiger partial charge >= 0.3 is 0 Å². The number of carbonyl (C=O) groups excluding carboxylic acids is 1. The van der Waals surface area contributed by atoms with E-state index in [-0.39, 0.29) is 5.57 Å². The van der Waals surface area contributed by atoms with E-state index in [0.717, 1.165) is 28.7 Å². The zero-order chi connectivity index (χ0) is 25.4. The van der Waals surface area contributed by atoms with Crippen molar-refractivity contribution < 1.29 is 14.3 Å². The van der Waals surface area contributed by atoms with Crippen LogP contribution in [0.3, 0.4) is 0 Å². The molecule has 0 unspecified atom stereocenters. The van der Waals surface area contributed by atoms with Gasteiger partial charge in [-0.15, -0.1) is 0 Å². The van der Waals surface area contributed by atoms with Crippen molar-refractivity contribution in [2.45, 2.75) is 40.7 Å². The number of nitrogens with zero attached hydrogens (tertiary/aromatic N) is 1. The molecule has 6 heteroatoms. The summed E-state index contributed by atoms with van der Waals surface area (Å²) < 4.78 is 11.8. The molecule has 3 rings (SSSR count). The van der Waals surface area contributed by atoms with Gasteiger partial charge in [0.15, 0.2) is 11.5 Å². The van der Waals surface area contributed by atoms with Gasteiger partial charge in [-0.1, -0.05) is 66.0 Å². The number of hydrogen-bond acceptors (Lipinski definition) is 4. The lowest BCUT2D eigenvalue weighted by atomic mass is 10.1. The predicted molar refractivity (Wildman–Crippen MR) is 141 cm³/mol. The maximum Gasteiger partial charge on any atom is 0.266 e. The standard InChI is InChI=1S/C29H29ClN2O3/c1-5-23-9-7-8-10-26(23)32-29(33)24(17-31)14-21-15-25(30)28(27(16-21)34-6-2)35-18-22-12-19(3)11-20(4)13-22/h7-16H,5-6,18H2,1-4H3,(H,32,33)/b24-14+. The van der Waals surface area contributed by atoms with E-state index in [1.54, 1.807) is 12.1 Å². The average Bonchev–Trinajstić information content (AvgIpc) is 2.82. The number of para-hydroxylation sites is 1. The molecule has 0 heterocycles. The number of anilines is 1. The molecule has 1 amide bonds. The third kappa shape index (κ3) is 6.88. The van der Waals surface area contributed by atoms with Crippen LogP contribution < -0.4 is 14.8 Å². The van der Waals surface area contributed by atoms with Gasteiger partial charge in [-0.2, -0.15) is 5.26 Å². The Morgan fingerprint density at radius 2 is 1.77 bits per heavy atom. The van der Waals surface area contributed by atoms with Crippen molar-refractivity contribution in [1.29, 1.82) is 5.26 Å². The minimum Gasteiger partial charge on any atom is -0.490 e. The topological polar surface area (TPSA) is 71.3 Å². The Morgan fingerprint density at radius 1 is 1.06 bits per heavy atom. The second kappa shape index (κ2) is 12.1. The van der Waals surface area contributed by atoms with E-state index in [4.69, 9.17) is 21.1 Å². The van der Waals surface area contributed by atoms with E-state index >= 15 is 0 Å². The molecule has 0 aliphatic heterocycles. The Balaban J connectivity index is 1.87. The lowest BCUT2D eigenvalue weighted by Gasteiger charge is -2.15. The van der Waals surface area contributed by atoms with Gasteiger partial charge in [0.25, 0.3) is 5.91 Å². The highest BCUT2D eigenvalue weighted by molar-refractivity contribution is 6.32. The van der Waals surface area contributed by atoms with Gasteiger partial charge in [0.1, 0.15) is 18.2 Å². The molecule has 0 radical (unpaired) electrons. The molecule has 0 fully saturated rings. The molecule has 5 nitrogen and oxygen atoms in total. The molecule has 3 aromatic rings. The summed E-state index contributed by atoms with van der Waals surface area (Å²) in [6, 6.07) is 19.1. The monoisotopic (exact) mass is 488 g/mol. The first kappa shape index (κ1) is 25.9. The normalized spacial score (nSPS) is 11.0. The van der Waals surface area contributed by atoms with E-state index in [9.17, 15) is 10.1 Å². The van der Waals surface area contributed by atoms with Crippen molar-refractivity contribution in [3.8, 4) is 17.6 Å². The summed E-state index contributed by atoms with van der Waals surface area (Å²) in [5, 5.41) is 12.8. The molecule has 0 saturated heterocycles. The van der Waals surface area contributed by atoms with Crippen molar-refractivity contribution in [2.24, 2.45) is 0 Å². The van der Waals surface area contributed by atoms with E-state index in [1.165, 1.54) is 6.08 Å². The number of ether oxygens (including phenoxy) is 2. The molecule has 0 aromatic heterocycles. The second-order valence-electron chi connectivity index (χ2n) is 8.18. The number of nitriles is 1. The molecule has 0 aliphatic carbocycles. The van der Waals surface area contributed by atoms with Crippen LogP contribution in [0.4, 0.5) is 5.69 Å². The molecule has 0 aliphatic rings. The van der Waals surface area contributed by atoms with Crippen LogP contribution in [-0.2, 0) is 17.8 Å². The SMILES string of the molecule is CCOc1cc(/C=C(\C#N)C(=O)Nc2ccccc2CC)cc(Cl)c1OCc1cc(C)cc(C)c1. The quantitative estimate of drug-likeness (QED) is 0.259. The van der Waals surface area contributed by atoms with Gasteiger partial charge in [0, 0.05) is 5.69 Å². The molecule has 0 bridgehead atoms. The third-order valence-corrected chi connectivity index (χ3v) is 5.60. The highest BCUT2D eigenvalue weighted by Crippen LogP contribution is 2.38. The fourth-order valence-electron chi connectivity index (χ4n) is 3.84. The summed E-state index contributed by atoms with van der Waals surface area (Å²) in [6.45, 7) is 8.69. The Bertz CT molecular complexity index is 1270. The Hall–Kier alpha value is -3.75. The van der Waals surface area contributed by atoms with Crippen molar-refractivity contribution >= 4 is 29.3 Å². The lowest BCUT2D eigenvalue weighted by Crippen LogP contribution is -2.14. The van der Waals surface area contributed by atoms with Crippen LogP contribution in [0.2, 0.25) is 5.02 Å². The summed E-state index contributed by atoms with van der Waals surface area (Å²) in [5.41, 5.74) is 5.54. The van der Waals surface area contributed by atoms with Crippen molar-refractivity contribution in [3.05, 3.63) is 93.0 Å². The number of hydrogen-bond donors (Lipinski definition) is 1. The Labute approximate surface area is 212 Å². The number of rotatable bonds is 9. The third-order valence-electron chi connectivity index (χ3n) is 5.32. The van der Waals surface area contributed by atoms with Crippen LogP contribution in [0.5, 0.6) is 11.5 Å². The molecular formula is C29H29ClN2O3. The minimum absolute atomic E-state index is 0.0432. The number of halogens is 1. The number of carbonyl (C=O) groups is 1. The molecule has 180 valence electrons. The van der Waals surface area contributed by atoms with Crippen LogP contribution >= 0.6 is 11.6 Å². The van der Waals surface area contributed by atoms with Gasteiger partial charge < -0.3 is 14.8 Å². The van der Waals surface area contributed by atoms with Gasteiger partial charge in [-0.05, 0) is 68.2 Å². The lowest BCUT2D eigenvalue weighted by molar-refractivity contribution is -0.112. The fraction of sp³-hybridized carbons (Fsp3) is 0.241. The molecule has 3 aromatic carbocycles. The largest absolute Gasteiger partial charge is 0.490 e. The van der Waals surface area contributed by atoms with Crippen LogP contribution in [0.15, 0.2) is 60.2 Å². The fourth-order valence-corrected chi connectivity index (χ4v) is 4.11. The van der Waals surface area contributed by atoms with Crippen molar-refractivity contribution in [2.75, 3.05) is 11.9 Å². The number of aryl methyl sites for hydroxylation is 3. The first-order valence-electron chi connectivity index (χ1n) is 11.5. The number of amides is 1. The Morgan fingerprint density at radius 3 is 2.43 bits per heavy atom. The maximum atomic E-state index is 12.8. The van der Waals surface area contributed by atoms with Gasteiger partial charge in [-0.3, -0.25) is 4.79 Å². The summed E-state index contributed by atoms with van der Waals surface area (Å²) in [7, 11) is 0. The second-order valence-corrected chi connectivity index (χ2v) is 8.59. The molecule has 0 spiro atoms. The van der Waals surface area contributed by atoms with Gasteiger partial charge in [0.05, 0.1) is 11.6 Å². The average molecular weight is 489 g/mol. The smallest absolute Gasteiger partial charge is 0.266 e.